The minimum Gasteiger partial charge on any atom is -0.300 e. The molecule has 0 aromatic carbocycles. The summed E-state index contributed by atoms with van der Waals surface area (Å²) in [6.07, 6.45) is 6.59. The molecule has 0 aromatic heterocycles. The molecular weight excluding hydrogens is 148 g/mol. The van der Waals surface area contributed by atoms with Crippen LogP contribution in [0.4, 0.5) is 0 Å². The van der Waals surface area contributed by atoms with Crippen LogP contribution in [-0.4, -0.2) is 5.78 Å². The van der Waals surface area contributed by atoms with Crippen molar-refractivity contribution in [2.45, 2.75) is 46.0 Å². The molecule has 2 saturated carbocycles. The summed E-state index contributed by atoms with van der Waals surface area (Å²) in [5.74, 6) is 1.71. The Balaban J connectivity index is 2.11. The van der Waals surface area contributed by atoms with Gasteiger partial charge in [-0.15, -0.1) is 0 Å². The van der Waals surface area contributed by atoms with Crippen molar-refractivity contribution in [1.29, 1.82) is 0 Å². The zero-order chi connectivity index (χ0) is 8.77. The van der Waals surface area contributed by atoms with Crippen LogP contribution in [0, 0.1) is 17.3 Å². The van der Waals surface area contributed by atoms with Gasteiger partial charge in [-0.05, 0) is 37.5 Å². The number of hydrogen-bond donors (Lipinski definition) is 0. The Hall–Kier alpha value is -0.330. The first-order chi connectivity index (χ1) is 5.64. The van der Waals surface area contributed by atoms with Gasteiger partial charge in [0.25, 0.3) is 0 Å². The van der Waals surface area contributed by atoms with Crippen LogP contribution in [0.5, 0.6) is 0 Å². The molecule has 0 N–H and O–H groups in total. The van der Waals surface area contributed by atoms with Gasteiger partial charge in [0, 0.05) is 5.92 Å². The van der Waals surface area contributed by atoms with Crippen molar-refractivity contribution in [3.8, 4) is 0 Å². The first-order valence-corrected chi connectivity index (χ1v) is 5.15. The van der Waals surface area contributed by atoms with Crippen molar-refractivity contribution in [2.75, 3.05) is 0 Å². The van der Waals surface area contributed by atoms with E-state index in [0.29, 0.717) is 17.1 Å². The average molecular weight is 166 g/mol. The van der Waals surface area contributed by atoms with E-state index < -0.39 is 0 Å². The largest absolute Gasteiger partial charge is 0.300 e. The fraction of sp³-hybridized carbons (Fsp3) is 0.909. The predicted molar refractivity (Wildman–Crippen MR) is 48.9 cm³/mol. The number of Topliss-reactive ketones (excluding diaryl/α,β-unsaturated/α-hetero) is 1. The summed E-state index contributed by atoms with van der Waals surface area (Å²) in [6.45, 7) is 4.09. The van der Waals surface area contributed by atoms with Crippen molar-refractivity contribution in [3.63, 3.8) is 0 Å². The van der Waals surface area contributed by atoms with E-state index in [1.165, 1.54) is 32.1 Å². The van der Waals surface area contributed by atoms with E-state index >= 15 is 0 Å². The quantitative estimate of drug-likeness (QED) is 0.585. The van der Waals surface area contributed by atoms with Crippen molar-refractivity contribution < 1.29 is 4.79 Å². The molecule has 2 aliphatic carbocycles. The second kappa shape index (κ2) is 2.58. The summed E-state index contributed by atoms with van der Waals surface area (Å²) in [7, 11) is 0. The normalized spacial score (nSPS) is 46.2. The number of carbonyl (C=O) groups is 1. The van der Waals surface area contributed by atoms with Crippen LogP contribution in [0.1, 0.15) is 46.0 Å². The summed E-state index contributed by atoms with van der Waals surface area (Å²) in [6, 6.07) is 0. The number of hydrogen-bond acceptors (Lipinski definition) is 1. The highest BCUT2D eigenvalue weighted by molar-refractivity contribution is 5.80. The van der Waals surface area contributed by atoms with E-state index in [4.69, 9.17) is 0 Å². The third kappa shape index (κ3) is 0.949. The molecule has 0 bridgehead atoms. The Labute approximate surface area is 74.5 Å². The van der Waals surface area contributed by atoms with E-state index in [2.05, 4.69) is 6.92 Å². The summed E-state index contributed by atoms with van der Waals surface area (Å²) >= 11 is 0. The Bertz CT molecular complexity index is 209. The molecule has 3 atom stereocenters. The van der Waals surface area contributed by atoms with Crippen molar-refractivity contribution in [1.82, 2.24) is 0 Å². The fourth-order valence-electron chi connectivity index (χ4n) is 3.30. The highest BCUT2D eigenvalue weighted by Gasteiger charge is 2.53. The minimum absolute atomic E-state index is 0.405. The van der Waals surface area contributed by atoms with Crippen LogP contribution in [0.15, 0.2) is 0 Å². The second-order valence-electron chi connectivity index (χ2n) is 4.85. The smallest absolute Gasteiger partial charge is 0.133 e. The third-order valence-electron chi connectivity index (χ3n) is 4.26. The molecule has 2 rings (SSSR count). The number of carbonyl (C=O) groups excluding carboxylic acids is 1. The van der Waals surface area contributed by atoms with Gasteiger partial charge < -0.3 is 0 Å². The average Bonchev–Trinajstić information content (AvgIpc) is 1.98. The van der Waals surface area contributed by atoms with Gasteiger partial charge >= 0.3 is 0 Å². The molecule has 0 aliphatic heterocycles. The first kappa shape index (κ1) is 8.28. The van der Waals surface area contributed by atoms with E-state index in [1.54, 1.807) is 6.92 Å². The van der Waals surface area contributed by atoms with Crippen LogP contribution in [0.25, 0.3) is 0 Å². The van der Waals surface area contributed by atoms with Crippen molar-refractivity contribution in [2.24, 2.45) is 17.3 Å². The van der Waals surface area contributed by atoms with Gasteiger partial charge in [0.15, 0.2) is 0 Å². The lowest BCUT2D eigenvalue weighted by Crippen LogP contribution is -2.51. The predicted octanol–water partition coefficient (Wildman–Crippen LogP) is 2.79. The number of rotatable bonds is 1. The zero-order valence-corrected chi connectivity index (χ0v) is 8.10. The maximum atomic E-state index is 11.3. The molecule has 0 radical (unpaired) electrons. The second-order valence-corrected chi connectivity index (χ2v) is 4.85. The molecule has 0 spiro atoms. The molecule has 0 heterocycles. The lowest BCUT2D eigenvalue weighted by atomic mass is 9.48. The monoisotopic (exact) mass is 166 g/mol. The molecule has 12 heavy (non-hydrogen) atoms. The molecule has 2 fully saturated rings. The lowest BCUT2D eigenvalue weighted by molar-refractivity contribution is -0.142. The Morgan fingerprint density at radius 1 is 1.42 bits per heavy atom. The summed E-state index contributed by atoms with van der Waals surface area (Å²) in [4.78, 5) is 11.3. The first-order valence-electron chi connectivity index (χ1n) is 5.15. The van der Waals surface area contributed by atoms with E-state index in [1.807, 2.05) is 0 Å². The molecule has 0 saturated heterocycles. The number of ketones is 1. The molecule has 2 aliphatic rings. The van der Waals surface area contributed by atoms with E-state index in [0.717, 1.165) is 5.92 Å². The van der Waals surface area contributed by atoms with Gasteiger partial charge in [-0.2, -0.15) is 0 Å². The molecule has 1 heteroatoms. The van der Waals surface area contributed by atoms with Gasteiger partial charge in [-0.3, -0.25) is 4.79 Å². The third-order valence-corrected chi connectivity index (χ3v) is 4.26. The molecule has 0 aromatic rings. The molecule has 1 nitrogen and oxygen atoms in total. The molecule has 0 amide bonds. The van der Waals surface area contributed by atoms with Gasteiger partial charge in [0.05, 0.1) is 0 Å². The van der Waals surface area contributed by atoms with Gasteiger partial charge in [-0.25, -0.2) is 0 Å². The highest BCUT2D eigenvalue weighted by atomic mass is 16.1. The SMILES string of the molecule is CC(=O)C1CC2CCCCC21C. The molecular formula is C11H18O. The minimum atomic E-state index is 0.405. The highest BCUT2D eigenvalue weighted by Crippen LogP contribution is 2.59. The number of fused-ring (bicyclic) bond motifs is 1. The van der Waals surface area contributed by atoms with E-state index in [-0.39, 0.29) is 0 Å². The topological polar surface area (TPSA) is 17.1 Å². The molecule has 3 unspecified atom stereocenters. The van der Waals surface area contributed by atoms with E-state index in [9.17, 15) is 4.79 Å². The lowest BCUT2D eigenvalue weighted by Gasteiger charge is -2.56. The van der Waals surface area contributed by atoms with Gasteiger partial charge in [0.2, 0.25) is 0 Å². The van der Waals surface area contributed by atoms with Gasteiger partial charge in [-0.1, -0.05) is 19.8 Å². The van der Waals surface area contributed by atoms with Crippen LogP contribution in [-0.2, 0) is 4.79 Å². The molecule has 68 valence electrons. The summed E-state index contributed by atoms with van der Waals surface area (Å²) in [5.41, 5.74) is 0.407. The fourth-order valence-corrected chi connectivity index (χ4v) is 3.30. The maximum absolute atomic E-state index is 11.3. The van der Waals surface area contributed by atoms with Crippen LogP contribution in [0.3, 0.4) is 0 Å². The Kier molecular flexibility index (Phi) is 1.78. The van der Waals surface area contributed by atoms with Crippen molar-refractivity contribution >= 4 is 5.78 Å². The maximum Gasteiger partial charge on any atom is 0.133 e. The van der Waals surface area contributed by atoms with Gasteiger partial charge in [0.1, 0.15) is 5.78 Å². The van der Waals surface area contributed by atoms with Crippen LogP contribution in [0.2, 0.25) is 0 Å². The van der Waals surface area contributed by atoms with Crippen LogP contribution < -0.4 is 0 Å². The Morgan fingerprint density at radius 3 is 2.75 bits per heavy atom. The standard InChI is InChI=1S/C11H18O/c1-8(12)10-7-9-5-3-4-6-11(9,10)2/h9-10H,3-7H2,1-2H3. The Morgan fingerprint density at radius 2 is 2.17 bits per heavy atom. The zero-order valence-electron chi connectivity index (χ0n) is 8.10. The van der Waals surface area contributed by atoms with Crippen LogP contribution >= 0.6 is 0 Å². The summed E-state index contributed by atoms with van der Waals surface area (Å²) < 4.78 is 0. The summed E-state index contributed by atoms with van der Waals surface area (Å²) in [5, 5.41) is 0. The van der Waals surface area contributed by atoms with Crippen molar-refractivity contribution in [3.05, 3.63) is 0 Å².